The molecule has 0 radical (unpaired) electrons. The molecule has 1 aromatic heterocycles. The Bertz CT molecular complexity index is 546. The fourth-order valence-electron chi connectivity index (χ4n) is 4.12. The van der Waals surface area contributed by atoms with Crippen molar-refractivity contribution in [3.05, 3.63) is 23.7 Å². The van der Waals surface area contributed by atoms with E-state index in [0.717, 1.165) is 50.5 Å². The number of hydrogen-bond donors (Lipinski definition) is 0. The number of aryl methyl sites for hydroxylation is 1. The molecule has 2 fully saturated rings. The highest BCUT2D eigenvalue weighted by Gasteiger charge is 2.40. The zero-order valence-electron chi connectivity index (χ0n) is 14.8. The van der Waals surface area contributed by atoms with Gasteiger partial charge in [-0.05, 0) is 46.0 Å². The van der Waals surface area contributed by atoms with Crippen molar-refractivity contribution in [1.82, 2.24) is 14.7 Å². The van der Waals surface area contributed by atoms with E-state index in [-0.39, 0.29) is 5.91 Å². The molecule has 3 heterocycles. The molecular weight excluding hydrogens is 290 g/mol. The molecule has 5 heteroatoms. The molecule has 0 bridgehead atoms. The van der Waals surface area contributed by atoms with Gasteiger partial charge < -0.3 is 14.2 Å². The lowest BCUT2D eigenvalue weighted by Crippen LogP contribution is -2.46. The van der Waals surface area contributed by atoms with Crippen LogP contribution in [0.15, 0.2) is 16.5 Å². The van der Waals surface area contributed by atoms with Gasteiger partial charge >= 0.3 is 0 Å². The van der Waals surface area contributed by atoms with Gasteiger partial charge in [-0.3, -0.25) is 9.69 Å². The molecule has 2 atom stereocenters. The Hall–Kier alpha value is -1.33. The molecule has 1 amide bonds. The normalized spacial score (nSPS) is 27.1. The molecule has 128 valence electrons. The molecule has 5 nitrogen and oxygen atoms in total. The highest BCUT2D eigenvalue weighted by molar-refractivity contribution is 5.73. The van der Waals surface area contributed by atoms with E-state index in [1.807, 2.05) is 11.8 Å². The number of likely N-dealkylation sites (tertiary alicyclic amines) is 2. The standard InChI is InChI=1S/C18H29N3O2/c1-13-5-6-18(23-13)16-11-21(12-17(16)19(3)4)15-7-9-20(10-8-15)14(2)22/h5-6,15-17H,7-12H2,1-4H3/t16-,17-/m0/s1. The Kier molecular flexibility index (Phi) is 4.78. The fourth-order valence-corrected chi connectivity index (χ4v) is 4.12. The topological polar surface area (TPSA) is 39.9 Å². The molecule has 0 aliphatic carbocycles. The summed E-state index contributed by atoms with van der Waals surface area (Å²) < 4.78 is 5.93. The van der Waals surface area contributed by atoms with Gasteiger partial charge in [-0.25, -0.2) is 0 Å². The van der Waals surface area contributed by atoms with Crippen LogP contribution >= 0.6 is 0 Å². The molecule has 0 N–H and O–H groups in total. The van der Waals surface area contributed by atoms with Crippen molar-refractivity contribution in [3.63, 3.8) is 0 Å². The minimum atomic E-state index is 0.208. The summed E-state index contributed by atoms with van der Waals surface area (Å²) in [6.07, 6.45) is 2.17. The number of hydrogen-bond acceptors (Lipinski definition) is 4. The van der Waals surface area contributed by atoms with Crippen LogP contribution in [0, 0.1) is 6.92 Å². The Morgan fingerprint density at radius 2 is 1.91 bits per heavy atom. The van der Waals surface area contributed by atoms with Crippen LogP contribution in [0.1, 0.15) is 37.2 Å². The maximum atomic E-state index is 11.5. The molecule has 0 spiro atoms. The van der Waals surface area contributed by atoms with Crippen molar-refractivity contribution in [3.8, 4) is 0 Å². The van der Waals surface area contributed by atoms with E-state index in [9.17, 15) is 4.79 Å². The molecule has 2 aliphatic heterocycles. The SMILES string of the molecule is CC(=O)N1CCC(N2C[C@H](c3ccc(C)o3)[C@@H](N(C)C)C2)CC1. The summed E-state index contributed by atoms with van der Waals surface area (Å²) in [5.41, 5.74) is 0. The van der Waals surface area contributed by atoms with Crippen molar-refractivity contribution < 1.29 is 9.21 Å². The van der Waals surface area contributed by atoms with Crippen molar-refractivity contribution in [2.24, 2.45) is 0 Å². The number of furan rings is 1. The van der Waals surface area contributed by atoms with Gasteiger partial charge in [0.1, 0.15) is 11.5 Å². The highest BCUT2D eigenvalue weighted by Crippen LogP contribution is 2.34. The summed E-state index contributed by atoms with van der Waals surface area (Å²) >= 11 is 0. The van der Waals surface area contributed by atoms with Crippen LogP contribution in [0.25, 0.3) is 0 Å². The number of piperidine rings is 1. The zero-order chi connectivity index (χ0) is 16.6. The lowest BCUT2D eigenvalue weighted by molar-refractivity contribution is -0.130. The van der Waals surface area contributed by atoms with Gasteiger partial charge in [-0.2, -0.15) is 0 Å². The minimum Gasteiger partial charge on any atom is -0.466 e. The van der Waals surface area contributed by atoms with E-state index in [2.05, 4.69) is 36.0 Å². The summed E-state index contributed by atoms with van der Waals surface area (Å²) in [6, 6.07) is 5.29. The predicted molar refractivity (Wildman–Crippen MR) is 90.5 cm³/mol. The van der Waals surface area contributed by atoms with E-state index >= 15 is 0 Å². The number of amides is 1. The van der Waals surface area contributed by atoms with Gasteiger partial charge in [0.15, 0.2) is 0 Å². The second-order valence-corrected chi connectivity index (χ2v) is 7.28. The lowest BCUT2D eigenvalue weighted by atomic mass is 10.00. The Balaban J connectivity index is 1.67. The molecule has 2 saturated heterocycles. The van der Waals surface area contributed by atoms with E-state index < -0.39 is 0 Å². The first kappa shape index (κ1) is 16.5. The molecule has 1 aromatic rings. The Labute approximate surface area is 139 Å². The maximum Gasteiger partial charge on any atom is 0.219 e. The highest BCUT2D eigenvalue weighted by atomic mass is 16.3. The first-order chi connectivity index (χ1) is 11.0. The summed E-state index contributed by atoms with van der Waals surface area (Å²) in [4.78, 5) is 18.4. The van der Waals surface area contributed by atoms with Gasteiger partial charge in [0.25, 0.3) is 0 Å². The summed E-state index contributed by atoms with van der Waals surface area (Å²) in [7, 11) is 4.32. The monoisotopic (exact) mass is 319 g/mol. The number of carbonyl (C=O) groups is 1. The summed E-state index contributed by atoms with van der Waals surface area (Å²) in [6.45, 7) is 7.62. The second kappa shape index (κ2) is 6.65. The number of nitrogens with zero attached hydrogens (tertiary/aromatic N) is 3. The largest absolute Gasteiger partial charge is 0.466 e. The second-order valence-electron chi connectivity index (χ2n) is 7.28. The zero-order valence-corrected chi connectivity index (χ0v) is 14.8. The molecule has 3 rings (SSSR count). The smallest absolute Gasteiger partial charge is 0.219 e. The van der Waals surface area contributed by atoms with Crippen LogP contribution in [-0.2, 0) is 4.79 Å². The Morgan fingerprint density at radius 3 is 2.43 bits per heavy atom. The van der Waals surface area contributed by atoms with Crippen LogP contribution in [0.4, 0.5) is 0 Å². The van der Waals surface area contributed by atoms with Gasteiger partial charge in [0.2, 0.25) is 5.91 Å². The Morgan fingerprint density at radius 1 is 1.22 bits per heavy atom. The maximum absolute atomic E-state index is 11.5. The predicted octanol–water partition coefficient (Wildman–Crippen LogP) is 1.93. The summed E-state index contributed by atoms with van der Waals surface area (Å²) in [5, 5.41) is 0. The van der Waals surface area contributed by atoms with E-state index in [1.165, 1.54) is 0 Å². The van der Waals surface area contributed by atoms with E-state index in [0.29, 0.717) is 18.0 Å². The summed E-state index contributed by atoms with van der Waals surface area (Å²) in [5.74, 6) is 2.75. The van der Waals surface area contributed by atoms with Crippen molar-refractivity contribution in [2.45, 2.75) is 44.7 Å². The minimum absolute atomic E-state index is 0.208. The fraction of sp³-hybridized carbons (Fsp3) is 0.722. The van der Waals surface area contributed by atoms with Crippen molar-refractivity contribution in [2.75, 3.05) is 40.3 Å². The average molecular weight is 319 g/mol. The van der Waals surface area contributed by atoms with Gasteiger partial charge in [-0.15, -0.1) is 0 Å². The third kappa shape index (κ3) is 3.45. The van der Waals surface area contributed by atoms with Gasteiger partial charge in [0, 0.05) is 51.1 Å². The van der Waals surface area contributed by atoms with Crippen LogP contribution in [0.5, 0.6) is 0 Å². The van der Waals surface area contributed by atoms with Crippen LogP contribution in [0.2, 0.25) is 0 Å². The number of carbonyl (C=O) groups excluding carboxylic acids is 1. The average Bonchev–Trinajstić information content (AvgIpc) is 3.13. The molecule has 23 heavy (non-hydrogen) atoms. The quantitative estimate of drug-likeness (QED) is 0.853. The molecule has 2 aliphatic rings. The third-order valence-corrected chi connectivity index (χ3v) is 5.53. The van der Waals surface area contributed by atoms with E-state index in [4.69, 9.17) is 4.42 Å². The number of likely N-dealkylation sites (N-methyl/N-ethyl adjacent to an activating group) is 1. The molecular formula is C18H29N3O2. The molecule has 0 unspecified atom stereocenters. The third-order valence-electron chi connectivity index (χ3n) is 5.53. The lowest BCUT2D eigenvalue weighted by Gasteiger charge is -2.36. The molecule has 0 aromatic carbocycles. The van der Waals surface area contributed by atoms with Crippen molar-refractivity contribution >= 4 is 5.91 Å². The first-order valence-electron chi connectivity index (χ1n) is 8.68. The van der Waals surface area contributed by atoms with Crippen LogP contribution in [0.3, 0.4) is 0 Å². The number of rotatable bonds is 3. The molecule has 0 saturated carbocycles. The van der Waals surface area contributed by atoms with Gasteiger partial charge in [-0.1, -0.05) is 0 Å². The van der Waals surface area contributed by atoms with Crippen molar-refractivity contribution in [1.29, 1.82) is 0 Å². The first-order valence-corrected chi connectivity index (χ1v) is 8.68. The van der Waals surface area contributed by atoms with Crippen LogP contribution in [-0.4, -0.2) is 73.0 Å². The van der Waals surface area contributed by atoms with Gasteiger partial charge in [0.05, 0.1) is 0 Å². The van der Waals surface area contributed by atoms with E-state index in [1.54, 1.807) is 6.92 Å². The van der Waals surface area contributed by atoms with Crippen LogP contribution < -0.4 is 0 Å².